The Labute approximate surface area is 156 Å². The van der Waals surface area contributed by atoms with Crippen LogP contribution in [0.2, 0.25) is 0 Å². The number of nitrogens with zero attached hydrogens (tertiary/aromatic N) is 2. The van der Waals surface area contributed by atoms with Gasteiger partial charge in [0.1, 0.15) is 10.6 Å². The third kappa shape index (κ3) is 2.66. The molecule has 3 heterocycles. The Hall–Kier alpha value is -2.43. The Kier molecular flexibility index (Phi) is 3.69. The van der Waals surface area contributed by atoms with Gasteiger partial charge in [-0.05, 0) is 48.9 Å². The second kappa shape index (κ2) is 6.08. The van der Waals surface area contributed by atoms with Crippen molar-refractivity contribution in [3.05, 3.63) is 76.5 Å². The molecule has 26 heavy (non-hydrogen) atoms. The first-order valence-electron chi connectivity index (χ1n) is 8.89. The maximum absolute atomic E-state index is 5.62. The molecule has 3 nitrogen and oxygen atoms in total. The smallest absolute Gasteiger partial charge is 0.134 e. The van der Waals surface area contributed by atoms with Crippen molar-refractivity contribution in [3.63, 3.8) is 0 Å². The zero-order valence-corrected chi connectivity index (χ0v) is 15.7. The molecule has 0 radical (unpaired) electrons. The van der Waals surface area contributed by atoms with Crippen LogP contribution in [-0.2, 0) is 6.54 Å². The first kappa shape index (κ1) is 15.8. The van der Waals surface area contributed by atoms with E-state index in [2.05, 4.69) is 60.3 Å². The summed E-state index contributed by atoms with van der Waals surface area (Å²) in [4.78, 5) is 8.20. The summed E-state index contributed by atoms with van der Waals surface area (Å²) in [6.07, 6.45) is 3.71. The molecular formula is C22H20N2OS. The van der Waals surface area contributed by atoms with Crippen LogP contribution in [0.1, 0.15) is 27.5 Å². The number of aromatic nitrogens is 1. The Morgan fingerprint density at radius 3 is 2.92 bits per heavy atom. The third-order valence-corrected chi connectivity index (χ3v) is 6.17. The molecule has 0 N–H and O–H groups in total. The Balaban J connectivity index is 1.59. The van der Waals surface area contributed by atoms with Crippen molar-refractivity contribution >= 4 is 22.3 Å². The van der Waals surface area contributed by atoms with Gasteiger partial charge in [0.2, 0.25) is 0 Å². The topological polar surface area (TPSA) is 29.3 Å². The Bertz CT molecular complexity index is 1090. The van der Waals surface area contributed by atoms with Crippen molar-refractivity contribution in [2.75, 3.05) is 13.6 Å². The largest absolute Gasteiger partial charge is 0.464 e. The van der Waals surface area contributed by atoms with E-state index in [1.54, 1.807) is 17.6 Å². The minimum atomic E-state index is 0.366. The van der Waals surface area contributed by atoms with E-state index in [4.69, 9.17) is 4.42 Å². The van der Waals surface area contributed by atoms with Crippen molar-refractivity contribution < 1.29 is 4.42 Å². The summed E-state index contributed by atoms with van der Waals surface area (Å²) in [5.74, 6) is 0.366. The molecule has 0 aliphatic carbocycles. The SMILES string of the molecule is Cc1cnc(-c2ccc3c(c2)CN(C)CC3c2ccc3ccoc3c2)s1. The van der Waals surface area contributed by atoms with E-state index in [9.17, 15) is 0 Å². The molecule has 0 fully saturated rings. The van der Waals surface area contributed by atoms with E-state index in [1.165, 1.54) is 27.1 Å². The molecule has 4 aromatic rings. The molecule has 1 aliphatic heterocycles. The summed E-state index contributed by atoms with van der Waals surface area (Å²) < 4.78 is 5.62. The van der Waals surface area contributed by atoms with E-state index in [-0.39, 0.29) is 0 Å². The Morgan fingerprint density at radius 2 is 2.08 bits per heavy atom. The van der Waals surface area contributed by atoms with Crippen LogP contribution in [0, 0.1) is 6.92 Å². The maximum Gasteiger partial charge on any atom is 0.134 e. The molecule has 0 spiro atoms. The van der Waals surface area contributed by atoms with Gasteiger partial charge in [-0.25, -0.2) is 4.98 Å². The number of fused-ring (bicyclic) bond motifs is 2. The normalized spacial score (nSPS) is 17.5. The lowest BCUT2D eigenvalue weighted by Gasteiger charge is -2.33. The highest BCUT2D eigenvalue weighted by Gasteiger charge is 2.25. The minimum absolute atomic E-state index is 0.366. The first-order chi connectivity index (χ1) is 12.7. The van der Waals surface area contributed by atoms with E-state index in [0.29, 0.717) is 5.92 Å². The molecule has 4 heteroatoms. The van der Waals surface area contributed by atoms with Crippen molar-refractivity contribution in [2.45, 2.75) is 19.4 Å². The first-order valence-corrected chi connectivity index (χ1v) is 9.70. The quantitative estimate of drug-likeness (QED) is 0.476. The van der Waals surface area contributed by atoms with Gasteiger partial charge in [-0.1, -0.05) is 24.3 Å². The van der Waals surface area contributed by atoms with Crippen molar-refractivity contribution in [1.29, 1.82) is 0 Å². The molecule has 1 unspecified atom stereocenters. The lowest BCUT2D eigenvalue weighted by Crippen LogP contribution is -2.31. The van der Waals surface area contributed by atoms with Crippen LogP contribution in [0.25, 0.3) is 21.5 Å². The van der Waals surface area contributed by atoms with Crippen LogP contribution in [0.3, 0.4) is 0 Å². The highest BCUT2D eigenvalue weighted by Crippen LogP contribution is 2.37. The van der Waals surface area contributed by atoms with Gasteiger partial charge in [0, 0.05) is 41.0 Å². The van der Waals surface area contributed by atoms with Gasteiger partial charge in [0.05, 0.1) is 6.26 Å². The minimum Gasteiger partial charge on any atom is -0.464 e. The average Bonchev–Trinajstić information content (AvgIpc) is 3.28. The molecular weight excluding hydrogens is 340 g/mol. The summed E-state index contributed by atoms with van der Waals surface area (Å²) in [5.41, 5.74) is 6.32. The number of benzene rings is 2. The van der Waals surface area contributed by atoms with Crippen molar-refractivity contribution in [3.8, 4) is 10.6 Å². The molecule has 1 aliphatic rings. The number of thiazole rings is 1. The van der Waals surface area contributed by atoms with Crippen molar-refractivity contribution in [2.24, 2.45) is 0 Å². The van der Waals surface area contributed by atoms with Gasteiger partial charge in [0.15, 0.2) is 0 Å². The molecule has 0 saturated heterocycles. The maximum atomic E-state index is 5.62. The van der Waals surface area contributed by atoms with Crippen molar-refractivity contribution in [1.82, 2.24) is 9.88 Å². The van der Waals surface area contributed by atoms with Gasteiger partial charge >= 0.3 is 0 Å². The fourth-order valence-corrected chi connectivity index (χ4v) is 4.70. The summed E-state index contributed by atoms with van der Waals surface area (Å²) in [5, 5.41) is 2.26. The van der Waals surface area contributed by atoms with Crippen LogP contribution in [-0.4, -0.2) is 23.5 Å². The number of furan rings is 1. The summed E-state index contributed by atoms with van der Waals surface area (Å²) >= 11 is 1.75. The lowest BCUT2D eigenvalue weighted by molar-refractivity contribution is 0.295. The highest BCUT2D eigenvalue weighted by molar-refractivity contribution is 7.14. The third-order valence-electron chi connectivity index (χ3n) is 5.20. The van der Waals surface area contributed by atoms with E-state index >= 15 is 0 Å². The second-order valence-electron chi connectivity index (χ2n) is 7.16. The standard InChI is InChI=1S/C22H20N2OS/c1-14-11-23-22(26-14)17-5-6-19-18(9-17)12-24(2)13-20(19)16-4-3-15-7-8-25-21(15)10-16/h3-11,20H,12-13H2,1-2H3. The van der Waals surface area contributed by atoms with E-state index in [1.807, 2.05) is 12.3 Å². The lowest BCUT2D eigenvalue weighted by atomic mass is 9.84. The molecule has 2 aromatic carbocycles. The van der Waals surface area contributed by atoms with Gasteiger partial charge in [-0.15, -0.1) is 11.3 Å². The summed E-state index contributed by atoms with van der Waals surface area (Å²) in [6, 6.07) is 15.5. The summed E-state index contributed by atoms with van der Waals surface area (Å²) in [6.45, 7) is 4.11. The number of likely N-dealkylation sites (N-methyl/N-ethyl adjacent to an activating group) is 1. The number of hydrogen-bond donors (Lipinski definition) is 0. The van der Waals surface area contributed by atoms with Gasteiger partial charge in [-0.2, -0.15) is 0 Å². The second-order valence-corrected chi connectivity index (χ2v) is 8.39. The number of rotatable bonds is 2. The van der Waals surface area contributed by atoms with E-state index < -0.39 is 0 Å². The molecule has 5 rings (SSSR count). The highest BCUT2D eigenvalue weighted by atomic mass is 32.1. The van der Waals surface area contributed by atoms with Crippen LogP contribution in [0.15, 0.2) is 59.3 Å². The van der Waals surface area contributed by atoms with Crippen LogP contribution >= 0.6 is 11.3 Å². The van der Waals surface area contributed by atoms with Gasteiger partial charge < -0.3 is 9.32 Å². The fourth-order valence-electron chi connectivity index (χ4n) is 3.94. The van der Waals surface area contributed by atoms with Crippen LogP contribution < -0.4 is 0 Å². The molecule has 2 aromatic heterocycles. The zero-order valence-electron chi connectivity index (χ0n) is 14.9. The predicted octanol–water partition coefficient (Wildman–Crippen LogP) is 5.44. The van der Waals surface area contributed by atoms with E-state index in [0.717, 1.165) is 29.1 Å². The number of hydrogen-bond acceptors (Lipinski definition) is 4. The molecule has 1 atom stereocenters. The average molecular weight is 360 g/mol. The van der Waals surface area contributed by atoms with Crippen LogP contribution in [0.5, 0.6) is 0 Å². The fraction of sp³-hybridized carbons (Fsp3) is 0.227. The van der Waals surface area contributed by atoms with Gasteiger partial charge in [-0.3, -0.25) is 0 Å². The molecule has 0 saturated carbocycles. The number of aryl methyl sites for hydroxylation is 1. The molecule has 0 amide bonds. The Morgan fingerprint density at radius 1 is 1.15 bits per heavy atom. The van der Waals surface area contributed by atoms with Crippen LogP contribution in [0.4, 0.5) is 0 Å². The predicted molar refractivity (Wildman–Crippen MR) is 107 cm³/mol. The van der Waals surface area contributed by atoms with Gasteiger partial charge in [0.25, 0.3) is 0 Å². The molecule has 130 valence electrons. The monoisotopic (exact) mass is 360 g/mol. The summed E-state index contributed by atoms with van der Waals surface area (Å²) in [7, 11) is 2.20. The molecule has 0 bridgehead atoms. The zero-order chi connectivity index (χ0) is 17.7.